The molecule has 2 N–H and O–H groups in total. The minimum absolute atomic E-state index is 0.0452. The number of ether oxygens (including phenoxy) is 1. The van der Waals surface area contributed by atoms with Crippen molar-refractivity contribution in [1.82, 2.24) is 0 Å². The molecule has 0 spiro atoms. The van der Waals surface area contributed by atoms with Crippen molar-refractivity contribution in [2.45, 2.75) is 38.9 Å². The lowest BCUT2D eigenvalue weighted by Gasteiger charge is -2.33. The molecule has 0 bridgehead atoms. The number of rotatable bonds is 4. The van der Waals surface area contributed by atoms with E-state index in [1.54, 1.807) is 27.7 Å². The molecule has 0 saturated heterocycles. The molecule has 3 nitrogen and oxygen atoms in total. The third-order valence-corrected chi connectivity index (χ3v) is 1.31. The van der Waals surface area contributed by atoms with E-state index in [1.165, 1.54) is 0 Å². The van der Waals surface area contributed by atoms with Crippen molar-refractivity contribution in [1.29, 1.82) is 0 Å². The van der Waals surface area contributed by atoms with E-state index in [4.69, 9.17) is 14.9 Å². The summed E-state index contributed by atoms with van der Waals surface area (Å²) in [7, 11) is 0. The van der Waals surface area contributed by atoms with Crippen LogP contribution in [0.2, 0.25) is 0 Å². The highest BCUT2D eigenvalue weighted by Gasteiger charge is 2.27. The molecule has 0 unspecified atom stereocenters. The highest BCUT2D eigenvalue weighted by molar-refractivity contribution is 4.75. The second-order valence-corrected chi connectivity index (χ2v) is 3.94. The van der Waals surface area contributed by atoms with Crippen LogP contribution in [0.5, 0.6) is 0 Å². The van der Waals surface area contributed by atoms with Gasteiger partial charge >= 0.3 is 0 Å². The van der Waals surface area contributed by atoms with E-state index in [9.17, 15) is 0 Å². The SMILES string of the molecule is CC(C)(CO)OC(C)(C)CO. The normalized spacial score (nSPS) is 13.6. The van der Waals surface area contributed by atoms with Gasteiger partial charge in [0.25, 0.3) is 0 Å². The van der Waals surface area contributed by atoms with Crippen molar-refractivity contribution in [3.63, 3.8) is 0 Å². The van der Waals surface area contributed by atoms with Crippen LogP contribution in [0.3, 0.4) is 0 Å². The van der Waals surface area contributed by atoms with Gasteiger partial charge in [-0.05, 0) is 27.7 Å². The standard InChI is InChI=1S/C8H18O3/c1-7(2,5-9)11-8(3,4)6-10/h9-10H,5-6H2,1-4H3. The zero-order valence-electron chi connectivity index (χ0n) is 7.72. The molecule has 3 heteroatoms. The molecule has 0 rings (SSSR count). The summed E-state index contributed by atoms with van der Waals surface area (Å²) in [6, 6.07) is 0. The minimum atomic E-state index is -0.577. The van der Waals surface area contributed by atoms with Crippen LogP contribution < -0.4 is 0 Å². The molecule has 0 aromatic heterocycles. The van der Waals surface area contributed by atoms with Crippen molar-refractivity contribution in [3.05, 3.63) is 0 Å². The maximum atomic E-state index is 8.85. The third kappa shape index (κ3) is 4.35. The van der Waals surface area contributed by atoms with Gasteiger partial charge in [0.1, 0.15) is 0 Å². The Kier molecular flexibility index (Phi) is 3.48. The van der Waals surface area contributed by atoms with Crippen LogP contribution >= 0.6 is 0 Å². The Balaban J connectivity index is 4.02. The zero-order valence-corrected chi connectivity index (χ0v) is 7.72. The smallest absolute Gasteiger partial charge is 0.0864 e. The van der Waals surface area contributed by atoms with Crippen LogP contribution in [0, 0.1) is 0 Å². The van der Waals surface area contributed by atoms with Crippen LogP contribution in [0.4, 0.5) is 0 Å². The molecule has 0 aromatic rings. The molecule has 0 saturated carbocycles. The monoisotopic (exact) mass is 162 g/mol. The van der Waals surface area contributed by atoms with E-state index in [0.29, 0.717) is 0 Å². The van der Waals surface area contributed by atoms with Gasteiger partial charge < -0.3 is 14.9 Å². The quantitative estimate of drug-likeness (QED) is 0.634. The molecule has 0 atom stereocenters. The molecule has 0 aliphatic carbocycles. The van der Waals surface area contributed by atoms with Gasteiger partial charge in [0.2, 0.25) is 0 Å². The molecule has 0 radical (unpaired) electrons. The third-order valence-electron chi connectivity index (χ3n) is 1.31. The van der Waals surface area contributed by atoms with Crippen LogP contribution in [0.1, 0.15) is 27.7 Å². The first-order valence-corrected chi connectivity index (χ1v) is 3.75. The number of hydrogen-bond acceptors (Lipinski definition) is 3. The van der Waals surface area contributed by atoms with E-state index in [2.05, 4.69) is 0 Å². The average molecular weight is 162 g/mol. The fourth-order valence-electron chi connectivity index (χ4n) is 0.813. The summed E-state index contributed by atoms with van der Waals surface area (Å²) in [5.41, 5.74) is -1.15. The fourth-order valence-corrected chi connectivity index (χ4v) is 0.813. The maximum Gasteiger partial charge on any atom is 0.0864 e. The molecule has 0 fully saturated rings. The first kappa shape index (κ1) is 10.9. The van der Waals surface area contributed by atoms with E-state index < -0.39 is 11.2 Å². The first-order valence-electron chi connectivity index (χ1n) is 3.75. The van der Waals surface area contributed by atoms with Crippen molar-refractivity contribution in [3.8, 4) is 0 Å². The number of aliphatic hydroxyl groups is 2. The summed E-state index contributed by atoms with van der Waals surface area (Å²) in [6.45, 7) is 7.04. The Bertz CT molecular complexity index is 105. The van der Waals surface area contributed by atoms with Gasteiger partial charge in [0.05, 0.1) is 24.4 Å². The summed E-state index contributed by atoms with van der Waals surface area (Å²) in [5, 5.41) is 17.7. The molecular weight excluding hydrogens is 144 g/mol. The molecule has 0 heterocycles. The van der Waals surface area contributed by atoms with Gasteiger partial charge in [0, 0.05) is 0 Å². The van der Waals surface area contributed by atoms with Crippen molar-refractivity contribution in [2.75, 3.05) is 13.2 Å². The Morgan fingerprint density at radius 1 is 0.909 bits per heavy atom. The van der Waals surface area contributed by atoms with Crippen LogP contribution in [-0.4, -0.2) is 34.6 Å². The average Bonchev–Trinajstić information content (AvgIpc) is 1.86. The van der Waals surface area contributed by atoms with Gasteiger partial charge in [0.15, 0.2) is 0 Å². The first-order chi connectivity index (χ1) is 4.83. The summed E-state index contributed by atoms with van der Waals surface area (Å²) < 4.78 is 5.42. The van der Waals surface area contributed by atoms with E-state index in [1.807, 2.05) is 0 Å². The molecule has 68 valence electrons. The van der Waals surface area contributed by atoms with Crippen LogP contribution in [0.25, 0.3) is 0 Å². The van der Waals surface area contributed by atoms with Crippen LogP contribution in [0.15, 0.2) is 0 Å². The summed E-state index contributed by atoms with van der Waals surface area (Å²) >= 11 is 0. The fraction of sp³-hybridized carbons (Fsp3) is 1.00. The minimum Gasteiger partial charge on any atom is -0.393 e. The van der Waals surface area contributed by atoms with Crippen molar-refractivity contribution >= 4 is 0 Å². The predicted molar refractivity (Wildman–Crippen MR) is 43.4 cm³/mol. The molecule has 11 heavy (non-hydrogen) atoms. The Morgan fingerprint density at radius 3 is 1.36 bits per heavy atom. The lowest BCUT2D eigenvalue weighted by atomic mass is 10.1. The molecule has 0 amide bonds. The molecule has 0 aliphatic rings. The molecule has 0 aromatic carbocycles. The van der Waals surface area contributed by atoms with E-state index in [-0.39, 0.29) is 13.2 Å². The zero-order chi connectivity index (χ0) is 9.12. The van der Waals surface area contributed by atoms with E-state index in [0.717, 1.165) is 0 Å². The lowest BCUT2D eigenvalue weighted by molar-refractivity contribution is -0.157. The number of aliphatic hydroxyl groups excluding tert-OH is 2. The highest BCUT2D eigenvalue weighted by atomic mass is 16.5. The van der Waals surface area contributed by atoms with Gasteiger partial charge in [-0.1, -0.05) is 0 Å². The Morgan fingerprint density at radius 2 is 1.18 bits per heavy atom. The topological polar surface area (TPSA) is 49.7 Å². The van der Waals surface area contributed by atoms with Gasteiger partial charge in [-0.2, -0.15) is 0 Å². The van der Waals surface area contributed by atoms with Gasteiger partial charge in [-0.15, -0.1) is 0 Å². The highest BCUT2D eigenvalue weighted by Crippen LogP contribution is 2.18. The Labute approximate surface area is 68.0 Å². The lowest BCUT2D eigenvalue weighted by Crippen LogP contribution is -2.41. The largest absolute Gasteiger partial charge is 0.393 e. The second-order valence-electron chi connectivity index (χ2n) is 3.94. The van der Waals surface area contributed by atoms with Crippen molar-refractivity contribution in [2.24, 2.45) is 0 Å². The van der Waals surface area contributed by atoms with Gasteiger partial charge in [-0.3, -0.25) is 0 Å². The summed E-state index contributed by atoms with van der Waals surface area (Å²) in [6.07, 6.45) is 0. The Hall–Kier alpha value is -0.120. The summed E-state index contributed by atoms with van der Waals surface area (Å²) in [4.78, 5) is 0. The second kappa shape index (κ2) is 3.52. The van der Waals surface area contributed by atoms with E-state index >= 15 is 0 Å². The van der Waals surface area contributed by atoms with Crippen LogP contribution in [-0.2, 0) is 4.74 Å². The summed E-state index contributed by atoms with van der Waals surface area (Å²) in [5.74, 6) is 0. The molecule has 0 aliphatic heterocycles. The van der Waals surface area contributed by atoms with Crippen molar-refractivity contribution < 1.29 is 14.9 Å². The molecular formula is C8H18O3. The number of hydrogen-bond donors (Lipinski definition) is 2. The predicted octanol–water partition coefficient (Wildman–Crippen LogP) is 0.545. The van der Waals surface area contributed by atoms with Gasteiger partial charge in [-0.25, -0.2) is 0 Å². The maximum absolute atomic E-state index is 8.85.